The SMILES string of the molecule is C[C@H](Nc1cc(N2CCN(S(=O)(=O)c3ccccc3)CC2)ccc1[N+](=O)[O-])C12CC3CC(CC(C3)C1)C2. The summed E-state index contributed by atoms with van der Waals surface area (Å²) in [6.45, 7) is 4.04. The van der Waals surface area contributed by atoms with E-state index in [-0.39, 0.29) is 22.1 Å². The molecule has 4 bridgehead atoms. The molecule has 1 N–H and O–H groups in total. The molecular weight excluding hydrogens is 488 g/mol. The number of anilines is 2. The Kier molecular flexibility index (Phi) is 6.18. The molecule has 0 unspecified atom stereocenters. The van der Waals surface area contributed by atoms with E-state index in [4.69, 9.17) is 0 Å². The van der Waals surface area contributed by atoms with Crippen LogP contribution in [0.5, 0.6) is 0 Å². The maximum Gasteiger partial charge on any atom is 0.292 e. The molecule has 8 nitrogen and oxygen atoms in total. The Bertz CT molecular complexity index is 1240. The van der Waals surface area contributed by atoms with E-state index >= 15 is 0 Å². The first-order valence-corrected chi connectivity index (χ1v) is 15.0. The summed E-state index contributed by atoms with van der Waals surface area (Å²) in [5.41, 5.74) is 1.80. The minimum absolute atomic E-state index is 0.102. The van der Waals surface area contributed by atoms with Crippen LogP contribution in [0.4, 0.5) is 17.1 Å². The summed E-state index contributed by atoms with van der Waals surface area (Å²) in [6.07, 6.45) is 7.81. The van der Waals surface area contributed by atoms with Crippen molar-refractivity contribution in [2.45, 2.75) is 56.4 Å². The topological polar surface area (TPSA) is 95.8 Å². The van der Waals surface area contributed by atoms with Gasteiger partial charge < -0.3 is 10.2 Å². The van der Waals surface area contributed by atoms with Gasteiger partial charge in [0.25, 0.3) is 5.69 Å². The van der Waals surface area contributed by atoms with Gasteiger partial charge in [0.1, 0.15) is 5.69 Å². The first kappa shape index (κ1) is 24.7. The predicted molar refractivity (Wildman–Crippen MR) is 144 cm³/mol. The standard InChI is InChI=1S/C28H36N4O4S/c1-20(28-17-21-13-22(18-28)15-23(14-21)19-28)29-26-16-24(7-8-27(26)32(33)34)30-9-11-31(12-10-30)37(35,36)25-5-3-2-4-6-25/h2-8,16,20-23,29H,9-15,17-19H2,1H3/t20-,21?,22?,23?,28?/m0/s1. The highest BCUT2D eigenvalue weighted by atomic mass is 32.2. The van der Waals surface area contributed by atoms with Crippen LogP contribution in [-0.4, -0.2) is 49.9 Å². The van der Waals surface area contributed by atoms with Crippen LogP contribution in [0.3, 0.4) is 0 Å². The second kappa shape index (κ2) is 9.27. The molecule has 0 spiro atoms. The van der Waals surface area contributed by atoms with Crippen LogP contribution in [0, 0.1) is 33.3 Å². The Balaban J connectivity index is 1.19. The van der Waals surface area contributed by atoms with Gasteiger partial charge in [0.15, 0.2) is 0 Å². The zero-order valence-corrected chi connectivity index (χ0v) is 22.2. The van der Waals surface area contributed by atoms with Crippen molar-refractivity contribution >= 4 is 27.1 Å². The quantitative estimate of drug-likeness (QED) is 0.399. The summed E-state index contributed by atoms with van der Waals surface area (Å²) in [6, 6.07) is 14.0. The Morgan fingerprint density at radius 2 is 1.54 bits per heavy atom. The van der Waals surface area contributed by atoms with E-state index in [1.807, 2.05) is 6.07 Å². The third kappa shape index (κ3) is 4.50. The highest BCUT2D eigenvalue weighted by Gasteiger charge is 2.53. The van der Waals surface area contributed by atoms with E-state index < -0.39 is 10.0 Å². The van der Waals surface area contributed by atoms with Gasteiger partial charge in [-0.05, 0) is 92.9 Å². The van der Waals surface area contributed by atoms with Crippen molar-refractivity contribution in [3.8, 4) is 0 Å². The number of rotatable bonds is 7. The third-order valence-electron chi connectivity index (χ3n) is 9.54. The number of nitrogens with one attached hydrogen (secondary N) is 1. The summed E-state index contributed by atoms with van der Waals surface area (Å²) < 4.78 is 27.5. The lowest BCUT2D eigenvalue weighted by Crippen LogP contribution is -2.53. The first-order valence-electron chi connectivity index (χ1n) is 13.6. The van der Waals surface area contributed by atoms with E-state index in [1.54, 1.807) is 42.5 Å². The summed E-state index contributed by atoms with van der Waals surface area (Å²) >= 11 is 0. The molecule has 9 heteroatoms. The van der Waals surface area contributed by atoms with Gasteiger partial charge in [0, 0.05) is 44.0 Å². The van der Waals surface area contributed by atoms with Gasteiger partial charge in [-0.15, -0.1) is 0 Å². The molecule has 1 atom stereocenters. The molecule has 4 aliphatic carbocycles. The number of nitrogens with zero attached hydrogens (tertiary/aromatic N) is 3. The highest BCUT2D eigenvalue weighted by Crippen LogP contribution is 2.61. The van der Waals surface area contributed by atoms with Gasteiger partial charge in [-0.3, -0.25) is 10.1 Å². The van der Waals surface area contributed by atoms with Crippen LogP contribution in [0.15, 0.2) is 53.4 Å². The lowest BCUT2D eigenvalue weighted by molar-refractivity contribution is -0.384. The minimum atomic E-state index is -3.53. The maximum absolute atomic E-state index is 13.0. The molecule has 0 amide bonds. The zero-order chi connectivity index (χ0) is 25.8. The molecule has 1 aliphatic heterocycles. The van der Waals surface area contributed by atoms with E-state index in [9.17, 15) is 18.5 Å². The third-order valence-corrected chi connectivity index (χ3v) is 11.5. The van der Waals surface area contributed by atoms with Crippen molar-refractivity contribution < 1.29 is 13.3 Å². The van der Waals surface area contributed by atoms with E-state index in [0.717, 1.165) is 23.4 Å². The lowest BCUT2D eigenvalue weighted by atomic mass is 9.48. The number of hydrogen-bond donors (Lipinski definition) is 1. The Morgan fingerprint density at radius 1 is 0.946 bits per heavy atom. The smallest absolute Gasteiger partial charge is 0.292 e. The Labute approximate surface area is 219 Å². The summed E-state index contributed by atoms with van der Waals surface area (Å²) in [5.74, 6) is 2.46. The Hall–Kier alpha value is -2.65. The average Bonchev–Trinajstić information content (AvgIpc) is 2.88. The molecule has 198 valence electrons. The van der Waals surface area contributed by atoms with Crippen molar-refractivity contribution in [3.63, 3.8) is 0 Å². The second-order valence-corrected chi connectivity index (χ2v) is 13.7. The van der Waals surface area contributed by atoms with Crippen LogP contribution >= 0.6 is 0 Å². The van der Waals surface area contributed by atoms with Crippen molar-refractivity contribution in [1.29, 1.82) is 0 Å². The molecule has 0 radical (unpaired) electrons. The fourth-order valence-corrected chi connectivity index (χ4v) is 9.46. The number of sulfonamides is 1. The Morgan fingerprint density at radius 3 is 2.11 bits per heavy atom. The van der Waals surface area contributed by atoms with Gasteiger partial charge in [0.05, 0.1) is 9.82 Å². The molecule has 37 heavy (non-hydrogen) atoms. The number of nitro benzene ring substituents is 1. The van der Waals surface area contributed by atoms with Crippen LogP contribution in [-0.2, 0) is 10.0 Å². The number of hydrogen-bond acceptors (Lipinski definition) is 6. The van der Waals surface area contributed by atoms with Gasteiger partial charge in [-0.25, -0.2) is 8.42 Å². The molecule has 5 aliphatic rings. The van der Waals surface area contributed by atoms with Crippen molar-refractivity contribution in [2.75, 3.05) is 36.4 Å². The monoisotopic (exact) mass is 524 g/mol. The molecule has 4 saturated carbocycles. The van der Waals surface area contributed by atoms with Gasteiger partial charge in [-0.1, -0.05) is 18.2 Å². The van der Waals surface area contributed by atoms with Crippen LogP contribution in [0.25, 0.3) is 0 Å². The van der Waals surface area contributed by atoms with Crippen LogP contribution in [0.1, 0.15) is 45.4 Å². The molecule has 7 rings (SSSR count). The molecule has 1 heterocycles. The first-order chi connectivity index (χ1) is 17.7. The fraction of sp³-hybridized carbons (Fsp3) is 0.571. The van der Waals surface area contributed by atoms with E-state index in [2.05, 4.69) is 17.1 Å². The van der Waals surface area contributed by atoms with Crippen molar-refractivity contribution in [2.24, 2.45) is 23.2 Å². The van der Waals surface area contributed by atoms with E-state index in [1.165, 1.54) is 42.8 Å². The number of nitro groups is 1. The molecule has 1 saturated heterocycles. The maximum atomic E-state index is 13.0. The summed E-state index contributed by atoms with van der Waals surface area (Å²) in [7, 11) is -3.53. The van der Waals surface area contributed by atoms with Crippen LogP contribution in [0.2, 0.25) is 0 Å². The molecular formula is C28H36N4O4S. The molecule has 0 aromatic heterocycles. The molecule has 2 aromatic rings. The fourth-order valence-electron chi connectivity index (χ4n) is 8.02. The predicted octanol–water partition coefficient (Wildman–Crippen LogP) is 5.12. The number of benzene rings is 2. The lowest BCUT2D eigenvalue weighted by Gasteiger charge is -2.59. The normalized spacial score (nSPS) is 30.3. The highest BCUT2D eigenvalue weighted by molar-refractivity contribution is 7.89. The largest absolute Gasteiger partial charge is 0.376 e. The number of piperazine rings is 1. The second-order valence-electron chi connectivity index (χ2n) is 11.8. The molecule has 5 fully saturated rings. The summed E-state index contributed by atoms with van der Waals surface area (Å²) in [5, 5.41) is 15.5. The van der Waals surface area contributed by atoms with Crippen molar-refractivity contribution in [1.82, 2.24) is 4.31 Å². The van der Waals surface area contributed by atoms with Crippen LogP contribution < -0.4 is 10.2 Å². The van der Waals surface area contributed by atoms with E-state index in [0.29, 0.717) is 36.8 Å². The average molecular weight is 525 g/mol. The van der Waals surface area contributed by atoms with Crippen molar-refractivity contribution in [3.05, 3.63) is 58.6 Å². The van der Waals surface area contributed by atoms with Gasteiger partial charge in [-0.2, -0.15) is 4.31 Å². The van der Waals surface area contributed by atoms with Gasteiger partial charge >= 0.3 is 0 Å². The van der Waals surface area contributed by atoms with Gasteiger partial charge in [0.2, 0.25) is 10.0 Å². The minimum Gasteiger partial charge on any atom is -0.376 e. The summed E-state index contributed by atoms with van der Waals surface area (Å²) in [4.78, 5) is 14.0. The molecule has 2 aromatic carbocycles. The zero-order valence-electron chi connectivity index (χ0n) is 21.4.